The predicted molar refractivity (Wildman–Crippen MR) is 86.0 cm³/mol. The van der Waals surface area contributed by atoms with Crippen LogP contribution >= 0.6 is 0 Å². The molecule has 0 aliphatic carbocycles. The second-order valence-electron chi connectivity index (χ2n) is 5.68. The maximum absolute atomic E-state index is 5.59. The molecule has 1 aliphatic heterocycles. The molecule has 1 aliphatic rings. The molecule has 0 spiro atoms. The molecule has 20 heavy (non-hydrogen) atoms. The van der Waals surface area contributed by atoms with Gasteiger partial charge in [-0.1, -0.05) is 0 Å². The number of rotatable bonds is 6. The molecular formula is C16H27N3O. The first-order chi connectivity index (χ1) is 9.65. The van der Waals surface area contributed by atoms with Gasteiger partial charge >= 0.3 is 0 Å². The quantitative estimate of drug-likeness (QED) is 0.839. The molecule has 1 unspecified atom stereocenters. The van der Waals surface area contributed by atoms with E-state index in [1.54, 1.807) is 7.11 Å². The van der Waals surface area contributed by atoms with E-state index in [1.807, 2.05) is 0 Å². The molecule has 1 atom stereocenters. The lowest BCUT2D eigenvalue weighted by Gasteiger charge is -2.31. The molecule has 0 bridgehead atoms. The van der Waals surface area contributed by atoms with Gasteiger partial charge in [0.05, 0.1) is 18.5 Å². The van der Waals surface area contributed by atoms with Crippen molar-refractivity contribution in [2.75, 3.05) is 37.5 Å². The lowest BCUT2D eigenvalue weighted by Crippen LogP contribution is -2.27. The zero-order valence-electron chi connectivity index (χ0n) is 12.9. The molecule has 112 valence electrons. The van der Waals surface area contributed by atoms with Gasteiger partial charge in [0.15, 0.2) is 0 Å². The molecular weight excluding hydrogens is 250 g/mol. The Kier molecular flexibility index (Phi) is 5.12. The highest BCUT2D eigenvalue weighted by Crippen LogP contribution is 2.37. The van der Waals surface area contributed by atoms with E-state index in [1.165, 1.54) is 23.4 Å². The number of aryl methyl sites for hydroxylation is 1. The summed E-state index contributed by atoms with van der Waals surface area (Å²) < 4.78 is 5.44. The van der Waals surface area contributed by atoms with Gasteiger partial charge in [0.2, 0.25) is 0 Å². The highest BCUT2D eigenvalue weighted by Gasteiger charge is 2.20. The fourth-order valence-electron chi connectivity index (χ4n) is 2.91. The van der Waals surface area contributed by atoms with Gasteiger partial charge in [-0.2, -0.15) is 0 Å². The molecule has 3 N–H and O–H groups in total. The van der Waals surface area contributed by atoms with Crippen molar-refractivity contribution >= 4 is 11.4 Å². The van der Waals surface area contributed by atoms with Crippen LogP contribution in [-0.2, 0) is 6.42 Å². The molecule has 0 fully saturated rings. The van der Waals surface area contributed by atoms with Crippen molar-refractivity contribution < 1.29 is 4.74 Å². The molecule has 1 aromatic carbocycles. The van der Waals surface area contributed by atoms with Gasteiger partial charge in [0, 0.05) is 25.7 Å². The van der Waals surface area contributed by atoms with Crippen molar-refractivity contribution in [3.05, 3.63) is 17.7 Å². The number of hydrogen-bond donors (Lipinski definition) is 2. The highest BCUT2D eigenvalue weighted by molar-refractivity contribution is 5.76. The maximum atomic E-state index is 5.59. The summed E-state index contributed by atoms with van der Waals surface area (Å²) in [4.78, 5) is 2.34. The van der Waals surface area contributed by atoms with Crippen LogP contribution in [0.4, 0.5) is 11.4 Å². The first kappa shape index (κ1) is 15.0. The number of methoxy groups -OCH3 is 1. The van der Waals surface area contributed by atoms with E-state index in [0.29, 0.717) is 6.04 Å². The van der Waals surface area contributed by atoms with Crippen molar-refractivity contribution in [1.82, 2.24) is 0 Å². The molecule has 1 heterocycles. The summed E-state index contributed by atoms with van der Waals surface area (Å²) in [6, 6.07) is 4.70. The smallest absolute Gasteiger partial charge is 0.121 e. The summed E-state index contributed by atoms with van der Waals surface area (Å²) in [5.74, 6) is 0.938. The third kappa shape index (κ3) is 3.37. The Bertz CT molecular complexity index is 448. The minimum atomic E-state index is 0.421. The number of anilines is 2. The van der Waals surface area contributed by atoms with Crippen molar-refractivity contribution in [3.63, 3.8) is 0 Å². The van der Waals surface area contributed by atoms with Gasteiger partial charge in [-0.25, -0.2) is 0 Å². The van der Waals surface area contributed by atoms with Crippen LogP contribution in [0, 0.1) is 0 Å². The Morgan fingerprint density at radius 2 is 2.25 bits per heavy atom. The van der Waals surface area contributed by atoms with E-state index in [2.05, 4.69) is 36.3 Å². The van der Waals surface area contributed by atoms with Gasteiger partial charge in [0.1, 0.15) is 5.75 Å². The Hall–Kier alpha value is -1.42. The molecule has 0 saturated heterocycles. The molecule has 0 saturated carbocycles. The molecule has 1 aromatic rings. The Morgan fingerprint density at radius 1 is 1.45 bits per heavy atom. The summed E-state index contributed by atoms with van der Waals surface area (Å²) in [7, 11) is 3.90. The summed E-state index contributed by atoms with van der Waals surface area (Å²) >= 11 is 0. The van der Waals surface area contributed by atoms with Crippen LogP contribution in [0.2, 0.25) is 0 Å². The summed E-state index contributed by atoms with van der Waals surface area (Å²) in [6.07, 6.45) is 4.48. The maximum Gasteiger partial charge on any atom is 0.121 e. The van der Waals surface area contributed by atoms with Crippen LogP contribution < -0.4 is 20.7 Å². The third-order valence-electron chi connectivity index (χ3n) is 3.96. The molecule has 0 aromatic heterocycles. The minimum absolute atomic E-state index is 0.421. The molecule has 0 amide bonds. The molecule has 4 heteroatoms. The zero-order chi connectivity index (χ0) is 14.5. The topological polar surface area (TPSA) is 50.5 Å². The second kappa shape index (κ2) is 6.84. The SMILES string of the molecule is COc1cc2c(c(NC(C)CCCN)c1)N(C)CCC2. The van der Waals surface area contributed by atoms with Crippen molar-refractivity contribution in [1.29, 1.82) is 0 Å². The van der Waals surface area contributed by atoms with Crippen molar-refractivity contribution in [3.8, 4) is 5.75 Å². The van der Waals surface area contributed by atoms with Crippen LogP contribution in [0.5, 0.6) is 5.75 Å². The number of ether oxygens (including phenoxy) is 1. The average Bonchev–Trinajstić information content (AvgIpc) is 2.44. The van der Waals surface area contributed by atoms with Crippen LogP contribution in [0.25, 0.3) is 0 Å². The number of hydrogen-bond acceptors (Lipinski definition) is 4. The largest absolute Gasteiger partial charge is 0.497 e. The van der Waals surface area contributed by atoms with Gasteiger partial charge in [-0.05, 0) is 50.8 Å². The van der Waals surface area contributed by atoms with Gasteiger partial charge < -0.3 is 20.7 Å². The Balaban J connectivity index is 2.25. The fraction of sp³-hybridized carbons (Fsp3) is 0.625. The molecule has 2 rings (SSSR count). The van der Waals surface area contributed by atoms with Crippen molar-refractivity contribution in [2.45, 2.75) is 38.6 Å². The number of benzene rings is 1. The van der Waals surface area contributed by atoms with E-state index in [-0.39, 0.29) is 0 Å². The standard InChI is InChI=1S/C16H27N3O/c1-12(6-4-8-17)18-15-11-14(20-3)10-13-7-5-9-19(2)16(13)15/h10-12,18H,4-9,17H2,1-3H3. The van der Waals surface area contributed by atoms with Crippen LogP contribution in [0.3, 0.4) is 0 Å². The Labute approximate surface area is 122 Å². The summed E-state index contributed by atoms with van der Waals surface area (Å²) in [5, 5.41) is 3.63. The fourth-order valence-corrected chi connectivity index (χ4v) is 2.91. The first-order valence-corrected chi connectivity index (χ1v) is 7.54. The summed E-state index contributed by atoms with van der Waals surface area (Å²) in [6.45, 7) is 4.08. The third-order valence-corrected chi connectivity index (χ3v) is 3.96. The second-order valence-corrected chi connectivity index (χ2v) is 5.68. The zero-order valence-corrected chi connectivity index (χ0v) is 12.9. The number of fused-ring (bicyclic) bond motifs is 1. The van der Waals surface area contributed by atoms with Gasteiger partial charge in [-0.15, -0.1) is 0 Å². The summed E-state index contributed by atoms with van der Waals surface area (Å²) in [5.41, 5.74) is 9.49. The average molecular weight is 277 g/mol. The van der Waals surface area contributed by atoms with E-state index in [0.717, 1.165) is 38.1 Å². The first-order valence-electron chi connectivity index (χ1n) is 7.54. The number of nitrogens with one attached hydrogen (secondary N) is 1. The normalized spacial score (nSPS) is 15.7. The molecule has 4 nitrogen and oxygen atoms in total. The van der Waals surface area contributed by atoms with Gasteiger partial charge in [0.25, 0.3) is 0 Å². The van der Waals surface area contributed by atoms with Gasteiger partial charge in [-0.3, -0.25) is 0 Å². The predicted octanol–water partition coefficient (Wildman–Crippen LogP) is 2.62. The van der Waals surface area contributed by atoms with Crippen LogP contribution in [0.15, 0.2) is 12.1 Å². The van der Waals surface area contributed by atoms with E-state index < -0.39 is 0 Å². The number of nitrogens with two attached hydrogens (primary N) is 1. The van der Waals surface area contributed by atoms with E-state index in [9.17, 15) is 0 Å². The van der Waals surface area contributed by atoms with Crippen molar-refractivity contribution in [2.24, 2.45) is 5.73 Å². The van der Waals surface area contributed by atoms with Crippen LogP contribution in [-0.4, -0.2) is 33.3 Å². The minimum Gasteiger partial charge on any atom is -0.497 e. The Morgan fingerprint density at radius 3 is 2.95 bits per heavy atom. The van der Waals surface area contributed by atoms with Crippen LogP contribution in [0.1, 0.15) is 31.7 Å². The lowest BCUT2D eigenvalue weighted by molar-refractivity contribution is 0.414. The lowest BCUT2D eigenvalue weighted by atomic mass is 9.99. The molecule has 0 radical (unpaired) electrons. The highest BCUT2D eigenvalue weighted by atomic mass is 16.5. The van der Waals surface area contributed by atoms with E-state index >= 15 is 0 Å². The monoisotopic (exact) mass is 277 g/mol. The van der Waals surface area contributed by atoms with E-state index in [4.69, 9.17) is 10.5 Å². The number of nitrogens with zero attached hydrogens (tertiary/aromatic N) is 1.